The molecular formula is C6H10N3O4+. The molecular weight excluding hydrogens is 178 g/mol. The normalized spacial score (nSPS) is 27.7. The number of nitrogens with two attached hydrogens (primary N) is 1. The van der Waals surface area contributed by atoms with Crippen molar-refractivity contribution in [2.75, 3.05) is 13.1 Å². The van der Waals surface area contributed by atoms with Crippen LogP contribution in [0.1, 0.15) is 0 Å². The number of hydrogen-bond donors (Lipinski definition) is 4. The van der Waals surface area contributed by atoms with Gasteiger partial charge in [0.25, 0.3) is 0 Å². The van der Waals surface area contributed by atoms with Gasteiger partial charge in [0.1, 0.15) is 6.54 Å². The van der Waals surface area contributed by atoms with Crippen LogP contribution in [0.3, 0.4) is 0 Å². The van der Waals surface area contributed by atoms with Crippen LogP contribution >= 0.6 is 0 Å². The van der Waals surface area contributed by atoms with Crippen LogP contribution in [0.15, 0.2) is 0 Å². The van der Waals surface area contributed by atoms with Crippen LogP contribution in [0.2, 0.25) is 0 Å². The fourth-order valence-corrected chi connectivity index (χ4v) is 1.08. The number of rotatable bonds is 3. The topological polar surface area (TPSA) is 116 Å². The monoisotopic (exact) mass is 188 g/mol. The molecule has 0 saturated carbocycles. The Morgan fingerprint density at radius 2 is 2.31 bits per heavy atom. The number of amides is 1. The third-order valence-corrected chi connectivity index (χ3v) is 1.76. The fourth-order valence-electron chi connectivity index (χ4n) is 1.08. The molecule has 5 N–H and O–H groups in total. The molecule has 0 aromatic rings. The van der Waals surface area contributed by atoms with Crippen molar-refractivity contribution >= 4 is 18.1 Å². The van der Waals surface area contributed by atoms with E-state index in [1.807, 2.05) is 5.32 Å². The highest BCUT2D eigenvalue weighted by molar-refractivity contribution is 6.33. The van der Waals surface area contributed by atoms with Crippen molar-refractivity contribution in [1.82, 2.24) is 5.32 Å². The van der Waals surface area contributed by atoms with Crippen molar-refractivity contribution in [2.45, 2.75) is 5.85 Å². The molecule has 1 rings (SSSR count). The van der Waals surface area contributed by atoms with Crippen LogP contribution in [0.5, 0.6) is 0 Å². The smallest absolute Gasteiger partial charge is 0.432 e. The zero-order valence-electron chi connectivity index (χ0n) is 6.73. The Bertz CT molecular complexity index is 288. The van der Waals surface area contributed by atoms with Crippen LogP contribution in [-0.4, -0.2) is 51.8 Å². The van der Waals surface area contributed by atoms with Gasteiger partial charge in [-0.25, -0.2) is 0 Å². The minimum Gasteiger partial charge on any atom is -0.456 e. The lowest BCUT2D eigenvalue weighted by Gasteiger charge is -2.15. The first-order valence-electron chi connectivity index (χ1n) is 3.57. The maximum absolute atomic E-state index is 10.9. The molecule has 0 aromatic heterocycles. The first-order valence-corrected chi connectivity index (χ1v) is 3.57. The highest BCUT2D eigenvalue weighted by Gasteiger charge is 2.51. The maximum atomic E-state index is 10.9. The van der Waals surface area contributed by atoms with Gasteiger partial charge in [0.2, 0.25) is 6.54 Å². The molecule has 1 aliphatic heterocycles. The van der Waals surface area contributed by atoms with Gasteiger partial charge in [0.05, 0.1) is 0 Å². The van der Waals surface area contributed by atoms with Gasteiger partial charge in [-0.1, -0.05) is 0 Å². The standard InChI is InChI=1S/C6H9N3O4/c7-3-6(13)8-4(11)5(12)9(6)1-2-10/h2,13H,1,3,7H2,(H,8,11)/p+1/t6-/m1/s1. The molecule has 0 unspecified atom stereocenters. The Morgan fingerprint density at radius 1 is 1.69 bits per heavy atom. The van der Waals surface area contributed by atoms with E-state index in [-0.39, 0.29) is 13.1 Å². The number of aldehydes is 1. The summed E-state index contributed by atoms with van der Waals surface area (Å²) in [6.45, 7) is -0.630. The third kappa shape index (κ3) is 1.38. The molecule has 0 radical (unpaired) electrons. The quantitative estimate of drug-likeness (QED) is 0.276. The number of nitrogens with one attached hydrogen (secondary N) is 1. The van der Waals surface area contributed by atoms with E-state index in [0.717, 1.165) is 4.58 Å². The average Bonchev–Trinajstić information content (AvgIpc) is 2.31. The number of carbonyl (C=O) groups is 2. The van der Waals surface area contributed by atoms with Crippen molar-refractivity contribution in [3.63, 3.8) is 0 Å². The summed E-state index contributed by atoms with van der Waals surface area (Å²) in [7, 11) is 0. The van der Waals surface area contributed by atoms with Crippen molar-refractivity contribution in [3.05, 3.63) is 0 Å². The van der Waals surface area contributed by atoms with Crippen LogP contribution < -0.4 is 11.1 Å². The van der Waals surface area contributed by atoms with Crippen molar-refractivity contribution in [3.8, 4) is 0 Å². The van der Waals surface area contributed by atoms with E-state index in [1.165, 1.54) is 0 Å². The van der Waals surface area contributed by atoms with Crippen LogP contribution in [-0.2, 0) is 9.59 Å². The Morgan fingerprint density at radius 3 is 2.77 bits per heavy atom. The zero-order valence-corrected chi connectivity index (χ0v) is 6.73. The Labute approximate surface area is 73.5 Å². The molecule has 1 amide bonds. The Kier molecular flexibility index (Phi) is 2.30. The second-order valence-corrected chi connectivity index (χ2v) is 2.58. The van der Waals surface area contributed by atoms with Crippen molar-refractivity contribution in [1.29, 1.82) is 0 Å². The van der Waals surface area contributed by atoms with Gasteiger partial charge >= 0.3 is 17.7 Å². The predicted octanol–water partition coefficient (Wildman–Crippen LogP) is -3.11. The van der Waals surface area contributed by atoms with E-state index in [9.17, 15) is 14.7 Å². The summed E-state index contributed by atoms with van der Waals surface area (Å²) < 4.78 is 0.794. The van der Waals surface area contributed by atoms with Crippen LogP contribution in [0.25, 0.3) is 0 Å². The lowest BCUT2D eigenvalue weighted by atomic mass is 10.4. The molecule has 72 valence electrons. The lowest BCUT2D eigenvalue weighted by Crippen LogP contribution is -2.56. The molecule has 0 saturated heterocycles. The van der Waals surface area contributed by atoms with E-state index < -0.39 is 17.7 Å². The molecule has 1 heterocycles. The molecule has 7 nitrogen and oxygen atoms in total. The number of nitrogens with zero attached hydrogens (tertiary/aromatic N) is 1. The van der Waals surface area contributed by atoms with Gasteiger partial charge < -0.3 is 15.9 Å². The predicted molar refractivity (Wildman–Crippen MR) is 41.0 cm³/mol. The summed E-state index contributed by atoms with van der Waals surface area (Å²) in [5, 5.41) is 20.7. The molecule has 1 aliphatic rings. The van der Waals surface area contributed by atoms with E-state index in [0.29, 0.717) is 6.29 Å². The van der Waals surface area contributed by atoms with Gasteiger partial charge in [0, 0.05) is 0 Å². The molecule has 1 atom stereocenters. The summed E-state index contributed by atoms with van der Waals surface area (Å²) in [6.07, 6.45) is 0.442. The summed E-state index contributed by atoms with van der Waals surface area (Å²) in [4.78, 5) is 21.0. The molecule has 0 aliphatic carbocycles. The first kappa shape index (κ1) is 9.62. The number of carbonyl (C=O) groups excluding carboxylic acids is 2. The van der Waals surface area contributed by atoms with E-state index in [2.05, 4.69) is 0 Å². The van der Waals surface area contributed by atoms with Crippen molar-refractivity contribution in [2.24, 2.45) is 5.73 Å². The molecule has 0 aromatic carbocycles. The van der Waals surface area contributed by atoms with Crippen LogP contribution in [0.4, 0.5) is 0 Å². The van der Waals surface area contributed by atoms with E-state index >= 15 is 0 Å². The Balaban J connectivity index is 3.05. The minimum absolute atomic E-state index is 0.307. The highest BCUT2D eigenvalue weighted by atomic mass is 16.4. The molecule has 0 spiro atoms. The fraction of sp³-hybridized carbons (Fsp3) is 0.500. The minimum atomic E-state index is -1.86. The summed E-state index contributed by atoms with van der Waals surface area (Å²) in [5.41, 5.74) is 5.17. The molecule has 7 heteroatoms. The first-order chi connectivity index (χ1) is 6.05. The second kappa shape index (κ2) is 3.11. The van der Waals surface area contributed by atoms with E-state index in [1.54, 1.807) is 0 Å². The third-order valence-electron chi connectivity index (χ3n) is 1.76. The zero-order chi connectivity index (χ0) is 10.1. The summed E-state index contributed by atoms with van der Waals surface area (Å²) in [6, 6.07) is 0. The number of aliphatic hydroxyl groups excluding tert-OH is 1. The van der Waals surface area contributed by atoms with Gasteiger partial charge in [-0.2, -0.15) is 0 Å². The number of aliphatic hydroxyl groups is 2. The van der Waals surface area contributed by atoms with Gasteiger partial charge in [-0.3, -0.25) is 14.9 Å². The SMILES string of the molecule is NC[C@@]1(O)NC(=O)C(O)=[N+]1CC=O. The maximum Gasteiger partial charge on any atom is 0.432 e. The number of hydrogen-bond acceptors (Lipinski definition) is 4. The van der Waals surface area contributed by atoms with Gasteiger partial charge in [0.15, 0.2) is 6.29 Å². The largest absolute Gasteiger partial charge is 0.456 e. The van der Waals surface area contributed by atoms with E-state index in [4.69, 9.17) is 10.8 Å². The summed E-state index contributed by atoms with van der Waals surface area (Å²) in [5.74, 6) is -3.42. The van der Waals surface area contributed by atoms with Crippen LogP contribution in [0, 0.1) is 0 Å². The van der Waals surface area contributed by atoms with Gasteiger partial charge in [-0.05, 0) is 0 Å². The Hall–Kier alpha value is -1.47. The molecule has 0 bridgehead atoms. The highest BCUT2D eigenvalue weighted by Crippen LogP contribution is 2.06. The molecule has 0 fully saturated rings. The summed E-state index contributed by atoms with van der Waals surface area (Å²) >= 11 is 0. The lowest BCUT2D eigenvalue weighted by molar-refractivity contribution is -0.647. The average molecular weight is 188 g/mol. The van der Waals surface area contributed by atoms with Crippen molar-refractivity contribution < 1.29 is 24.4 Å². The van der Waals surface area contributed by atoms with Gasteiger partial charge in [-0.15, -0.1) is 4.58 Å². The second-order valence-electron chi connectivity index (χ2n) is 2.58. The molecule has 13 heavy (non-hydrogen) atoms.